The van der Waals surface area contributed by atoms with Crippen molar-refractivity contribution in [2.75, 3.05) is 13.1 Å². The van der Waals surface area contributed by atoms with E-state index < -0.39 is 35.4 Å². The molecule has 3 rings (SSSR count). The first-order valence-electron chi connectivity index (χ1n) is 7.17. The summed E-state index contributed by atoms with van der Waals surface area (Å²) >= 11 is 0. The molecule has 1 aliphatic heterocycles. The average Bonchev–Trinajstić information content (AvgIpc) is 3.17. The van der Waals surface area contributed by atoms with E-state index in [0.717, 1.165) is 6.20 Å². The standard InChI is InChI=1S/C15H14F2N4O3/c16-9-3-10(17)13(19-5-9)14(23)20-11-6-21(7-12(11)22)15(24)8-1-2-18-4-8/h1-5,11-12,18,22H,6-7H2,(H,20,23)/t11-,12+/m0/s1. The van der Waals surface area contributed by atoms with Crippen LogP contribution in [-0.4, -0.2) is 57.0 Å². The van der Waals surface area contributed by atoms with E-state index in [1.165, 1.54) is 11.1 Å². The lowest BCUT2D eigenvalue weighted by Crippen LogP contribution is -2.43. The summed E-state index contributed by atoms with van der Waals surface area (Å²) in [5.74, 6) is -3.17. The number of likely N-dealkylation sites (tertiary alicyclic amines) is 1. The van der Waals surface area contributed by atoms with Crippen LogP contribution in [0.4, 0.5) is 8.78 Å². The Morgan fingerprint density at radius 3 is 2.83 bits per heavy atom. The lowest BCUT2D eigenvalue weighted by atomic mass is 10.2. The van der Waals surface area contributed by atoms with E-state index in [1.807, 2.05) is 0 Å². The second-order valence-electron chi connectivity index (χ2n) is 5.44. The van der Waals surface area contributed by atoms with Crippen LogP contribution in [0.3, 0.4) is 0 Å². The lowest BCUT2D eigenvalue weighted by Gasteiger charge is -2.16. The molecule has 0 bridgehead atoms. The third-order valence-electron chi connectivity index (χ3n) is 3.76. The van der Waals surface area contributed by atoms with Gasteiger partial charge in [0, 0.05) is 31.5 Å². The van der Waals surface area contributed by atoms with Crippen molar-refractivity contribution < 1.29 is 23.5 Å². The third kappa shape index (κ3) is 3.11. The summed E-state index contributed by atoms with van der Waals surface area (Å²) in [6, 6.07) is 1.37. The van der Waals surface area contributed by atoms with Gasteiger partial charge >= 0.3 is 0 Å². The molecule has 2 atom stereocenters. The molecule has 24 heavy (non-hydrogen) atoms. The number of nitrogens with zero attached hydrogens (tertiary/aromatic N) is 2. The Hall–Kier alpha value is -2.81. The molecule has 0 spiro atoms. The Bertz CT molecular complexity index is 766. The summed E-state index contributed by atoms with van der Waals surface area (Å²) < 4.78 is 26.4. The normalized spacial score (nSPS) is 20.2. The van der Waals surface area contributed by atoms with Crippen LogP contribution in [0.1, 0.15) is 20.8 Å². The van der Waals surface area contributed by atoms with Gasteiger partial charge in [-0.2, -0.15) is 0 Å². The number of carbonyl (C=O) groups excluding carboxylic acids is 2. The van der Waals surface area contributed by atoms with Gasteiger partial charge in [-0.05, 0) is 6.07 Å². The first kappa shape index (κ1) is 16.1. The van der Waals surface area contributed by atoms with Crippen LogP contribution in [0.15, 0.2) is 30.7 Å². The van der Waals surface area contributed by atoms with Crippen molar-refractivity contribution in [3.05, 3.63) is 53.6 Å². The number of rotatable bonds is 3. The number of aromatic nitrogens is 2. The molecule has 0 saturated carbocycles. The quantitative estimate of drug-likeness (QED) is 0.751. The lowest BCUT2D eigenvalue weighted by molar-refractivity contribution is 0.0765. The number of β-amino-alcohol motifs (C(OH)–C–C–N with tert-alkyl or cyclic N) is 1. The summed E-state index contributed by atoms with van der Waals surface area (Å²) in [4.78, 5) is 31.8. The molecule has 9 heteroatoms. The predicted octanol–water partition coefficient (Wildman–Crippen LogP) is 0.303. The Kier molecular flexibility index (Phi) is 4.26. The predicted molar refractivity (Wildman–Crippen MR) is 78.1 cm³/mol. The van der Waals surface area contributed by atoms with E-state index in [9.17, 15) is 23.5 Å². The average molecular weight is 336 g/mol. The Morgan fingerprint density at radius 1 is 1.38 bits per heavy atom. The summed E-state index contributed by atoms with van der Waals surface area (Å²) in [6.45, 7) is 0.105. The maximum absolute atomic E-state index is 13.6. The maximum Gasteiger partial charge on any atom is 0.273 e. The van der Waals surface area contributed by atoms with Gasteiger partial charge in [-0.1, -0.05) is 0 Å². The molecule has 2 aromatic rings. The van der Waals surface area contributed by atoms with Crippen molar-refractivity contribution in [3.8, 4) is 0 Å². The molecule has 2 aromatic heterocycles. The highest BCUT2D eigenvalue weighted by Gasteiger charge is 2.36. The highest BCUT2D eigenvalue weighted by atomic mass is 19.1. The van der Waals surface area contributed by atoms with Crippen molar-refractivity contribution in [1.82, 2.24) is 20.2 Å². The molecule has 3 heterocycles. The number of aliphatic hydroxyl groups excluding tert-OH is 1. The molecular weight excluding hydrogens is 322 g/mol. The minimum atomic E-state index is -1.10. The molecule has 0 aromatic carbocycles. The number of pyridine rings is 1. The number of halogens is 2. The summed E-state index contributed by atoms with van der Waals surface area (Å²) in [5.41, 5.74) is -0.139. The van der Waals surface area contributed by atoms with Gasteiger partial charge in [0.05, 0.1) is 23.9 Å². The van der Waals surface area contributed by atoms with E-state index >= 15 is 0 Å². The largest absolute Gasteiger partial charge is 0.389 e. The van der Waals surface area contributed by atoms with Gasteiger partial charge in [0.15, 0.2) is 11.5 Å². The smallest absolute Gasteiger partial charge is 0.273 e. The minimum Gasteiger partial charge on any atom is -0.389 e. The molecule has 2 amide bonds. The number of H-pyrrole nitrogens is 1. The fraction of sp³-hybridized carbons (Fsp3) is 0.267. The zero-order valence-corrected chi connectivity index (χ0v) is 12.4. The molecule has 1 aliphatic rings. The van der Waals surface area contributed by atoms with E-state index in [1.54, 1.807) is 12.3 Å². The molecule has 0 aliphatic carbocycles. The monoisotopic (exact) mass is 336 g/mol. The molecular formula is C15H14F2N4O3. The molecule has 7 nitrogen and oxygen atoms in total. The van der Waals surface area contributed by atoms with Gasteiger partial charge in [0.1, 0.15) is 5.82 Å². The van der Waals surface area contributed by atoms with Gasteiger partial charge in [-0.15, -0.1) is 0 Å². The van der Waals surface area contributed by atoms with E-state index in [2.05, 4.69) is 15.3 Å². The van der Waals surface area contributed by atoms with E-state index in [4.69, 9.17) is 0 Å². The first-order valence-corrected chi connectivity index (χ1v) is 7.17. The van der Waals surface area contributed by atoms with Crippen molar-refractivity contribution in [1.29, 1.82) is 0 Å². The SMILES string of the molecule is O=C(N[C@H]1CN(C(=O)c2cc[nH]c2)C[C@H]1O)c1ncc(F)cc1F. The molecule has 3 N–H and O–H groups in total. The Labute approximate surface area is 135 Å². The van der Waals surface area contributed by atoms with Crippen LogP contribution in [0.25, 0.3) is 0 Å². The Morgan fingerprint density at radius 2 is 2.17 bits per heavy atom. The van der Waals surface area contributed by atoms with Crippen molar-refractivity contribution in [2.45, 2.75) is 12.1 Å². The number of amides is 2. The van der Waals surface area contributed by atoms with Crippen LogP contribution in [0.2, 0.25) is 0 Å². The highest BCUT2D eigenvalue weighted by Crippen LogP contribution is 2.15. The molecule has 0 unspecified atom stereocenters. The number of nitrogens with one attached hydrogen (secondary N) is 2. The van der Waals surface area contributed by atoms with Gasteiger partial charge in [-0.3, -0.25) is 9.59 Å². The third-order valence-corrected chi connectivity index (χ3v) is 3.76. The molecule has 0 radical (unpaired) electrons. The van der Waals surface area contributed by atoms with Gasteiger partial charge in [0.2, 0.25) is 0 Å². The zero-order valence-electron chi connectivity index (χ0n) is 12.4. The number of carbonyl (C=O) groups is 2. The number of hydrogen-bond acceptors (Lipinski definition) is 4. The summed E-state index contributed by atoms with van der Waals surface area (Å²) in [5, 5.41) is 12.4. The van der Waals surface area contributed by atoms with E-state index in [-0.39, 0.29) is 19.0 Å². The highest BCUT2D eigenvalue weighted by molar-refractivity contribution is 5.95. The number of aliphatic hydroxyl groups is 1. The van der Waals surface area contributed by atoms with Crippen molar-refractivity contribution in [2.24, 2.45) is 0 Å². The first-order chi connectivity index (χ1) is 11.5. The van der Waals surface area contributed by atoms with Crippen molar-refractivity contribution in [3.63, 3.8) is 0 Å². The summed E-state index contributed by atoms with van der Waals surface area (Å²) in [6.07, 6.45) is 2.85. The van der Waals surface area contributed by atoms with Crippen LogP contribution < -0.4 is 5.32 Å². The van der Waals surface area contributed by atoms with Crippen LogP contribution in [0, 0.1) is 11.6 Å². The van der Waals surface area contributed by atoms with E-state index in [0.29, 0.717) is 11.6 Å². The number of aromatic amines is 1. The van der Waals surface area contributed by atoms with Crippen LogP contribution >= 0.6 is 0 Å². The topological polar surface area (TPSA) is 98.3 Å². The van der Waals surface area contributed by atoms with Gasteiger partial charge < -0.3 is 20.3 Å². The fourth-order valence-electron chi connectivity index (χ4n) is 2.55. The molecule has 126 valence electrons. The fourth-order valence-corrected chi connectivity index (χ4v) is 2.55. The van der Waals surface area contributed by atoms with Crippen molar-refractivity contribution >= 4 is 11.8 Å². The zero-order chi connectivity index (χ0) is 17.3. The van der Waals surface area contributed by atoms with Gasteiger partial charge in [0.25, 0.3) is 11.8 Å². The minimum absolute atomic E-state index is 0.0360. The molecule has 1 saturated heterocycles. The van der Waals surface area contributed by atoms with Crippen LogP contribution in [-0.2, 0) is 0 Å². The second-order valence-corrected chi connectivity index (χ2v) is 5.44. The molecule has 1 fully saturated rings. The van der Waals surface area contributed by atoms with Crippen LogP contribution in [0.5, 0.6) is 0 Å². The second kappa shape index (κ2) is 6.36. The number of hydrogen-bond donors (Lipinski definition) is 3. The Balaban J connectivity index is 1.67. The maximum atomic E-state index is 13.6. The van der Waals surface area contributed by atoms with Gasteiger partial charge in [-0.25, -0.2) is 13.8 Å². The summed E-state index contributed by atoms with van der Waals surface area (Å²) in [7, 11) is 0.